The number of halogens is 1. The summed E-state index contributed by atoms with van der Waals surface area (Å²) in [6.07, 6.45) is 0.918. The van der Waals surface area contributed by atoms with Gasteiger partial charge in [0.15, 0.2) is 0 Å². The Morgan fingerprint density at radius 1 is 1.41 bits per heavy atom. The van der Waals surface area contributed by atoms with Crippen molar-refractivity contribution in [2.75, 3.05) is 5.32 Å². The normalized spacial score (nSPS) is 22.0. The van der Waals surface area contributed by atoms with Gasteiger partial charge in [-0.25, -0.2) is 4.79 Å². The first-order valence-electron chi connectivity index (χ1n) is 5.32. The minimum Gasteiger partial charge on any atom is -0.478 e. The van der Waals surface area contributed by atoms with Crippen molar-refractivity contribution in [3.63, 3.8) is 0 Å². The molecule has 0 saturated heterocycles. The lowest BCUT2D eigenvalue weighted by molar-refractivity contribution is -0.117. The summed E-state index contributed by atoms with van der Waals surface area (Å²) in [5.41, 5.74) is 0.745. The molecule has 2 unspecified atom stereocenters. The second-order valence-electron chi connectivity index (χ2n) is 4.34. The molecule has 17 heavy (non-hydrogen) atoms. The number of carboxylic acids is 1. The van der Waals surface area contributed by atoms with Crippen LogP contribution in [0.1, 0.15) is 23.7 Å². The summed E-state index contributed by atoms with van der Waals surface area (Å²) in [4.78, 5) is 22.6. The SMILES string of the molecule is CC1CC1C(=O)Nc1cc(I)cc(C(=O)O)c1. The summed E-state index contributed by atoms with van der Waals surface area (Å²) in [6, 6.07) is 4.81. The van der Waals surface area contributed by atoms with Crippen molar-refractivity contribution in [3.8, 4) is 0 Å². The molecule has 0 spiro atoms. The number of benzene rings is 1. The third kappa shape index (κ3) is 2.96. The molecule has 1 saturated carbocycles. The van der Waals surface area contributed by atoms with Gasteiger partial charge in [0.05, 0.1) is 5.56 Å². The molecular formula is C12H12INO3. The number of rotatable bonds is 3. The van der Waals surface area contributed by atoms with Crippen LogP contribution in [-0.2, 0) is 4.79 Å². The Morgan fingerprint density at radius 3 is 2.59 bits per heavy atom. The van der Waals surface area contributed by atoms with E-state index in [1.165, 1.54) is 6.07 Å². The predicted octanol–water partition coefficient (Wildman–Crippen LogP) is 2.58. The third-order valence-corrected chi connectivity index (χ3v) is 3.48. The van der Waals surface area contributed by atoms with Crippen LogP contribution < -0.4 is 5.32 Å². The van der Waals surface area contributed by atoms with E-state index < -0.39 is 5.97 Å². The summed E-state index contributed by atoms with van der Waals surface area (Å²) in [5.74, 6) is -0.479. The van der Waals surface area contributed by atoms with E-state index in [-0.39, 0.29) is 17.4 Å². The Morgan fingerprint density at radius 2 is 2.06 bits per heavy atom. The van der Waals surface area contributed by atoms with Crippen molar-refractivity contribution in [2.24, 2.45) is 11.8 Å². The number of carbonyl (C=O) groups is 2. The zero-order chi connectivity index (χ0) is 12.6. The molecular weight excluding hydrogens is 333 g/mol. The highest BCUT2D eigenvalue weighted by molar-refractivity contribution is 14.1. The fourth-order valence-corrected chi connectivity index (χ4v) is 2.38. The number of carbonyl (C=O) groups excluding carboxylic acids is 1. The first kappa shape index (κ1) is 12.3. The lowest BCUT2D eigenvalue weighted by atomic mass is 10.2. The Hall–Kier alpha value is -1.11. The van der Waals surface area contributed by atoms with Crippen LogP contribution in [0.25, 0.3) is 0 Å². The van der Waals surface area contributed by atoms with E-state index in [0.29, 0.717) is 11.6 Å². The molecule has 5 heteroatoms. The average molecular weight is 345 g/mol. The number of carboxylic acid groups (broad SMARTS) is 1. The first-order chi connectivity index (χ1) is 7.97. The minimum absolute atomic E-state index is 0.0177. The fraction of sp³-hybridized carbons (Fsp3) is 0.333. The summed E-state index contributed by atoms with van der Waals surface area (Å²) >= 11 is 2.03. The van der Waals surface area contributed by atoms with Gasteiger partial charge in [-0.15, -0.1) is 0 Å². The number of amides is 1. The monoisotopic (exact) mass is 345 g/mol. The molecule has 1 amide bonds. The molecule has 0 heterocycles. The molecule has 1 aromatic carbocycles. The molecule has 1 aliphatic rings. The van der Waals surface area contributed by atoms with E-state index in [9.17, 15) is 9.59 Å². The summed E-state index contributed by atoms with van der Waals surface area (Å²) < 4.78 is 0.793. The molecule has 0 aliphatic heterocycles. The van der Waals surface area contributed by atoms with Crippen molar-refractivity contribution in [3.05, 3.63) is 27.3 Å². The van der Waals surface area contributed by atoms with Crippen molar-refractivity contribution in [1.29, 1.82) is 0 Å². The van der Waals surface area contributed by atoms with Gasteiger partial charge in [0, 0.05) is 15.2 Å². The zero-order valence-corrected chi connectivity index (χ0v) is 11.4. The van der Waals surface area contributed by atoms with E-state index in [4.69, 9.17) is 5.11 Å². The van der Waals surface area contributed by atoms with Crippen molar-refractivity contribution >= 4 is 40.2 Å². The highest BCUT2D eigenvalue weighted by Gasteiger charge is 2.39. The molecule has 2 rings (SSSR count). The van der Waals surface area contributed by atoms with Crippen LogP contribution in [0.15, 0.2) is 18.2 Å². The van der Waals surface area contributed by atoms with Crippen molar-refractivity contribution in [2.45, 2.75) is 13.3 Å². The standard InChI is InChI=1S/C12H12INO3/c1-6-2-10(6)11(15)14-9-4-7(12(16)17)3-8(13)5-9/h3-6,10H,2H2,1H3,(H,14,15)(H,16,17). The van der Waals surface area contributed by atoms with Crippen LogP contribution in [0, 0.1) is 15.4 Å². The second-order valence-corrected chi connectivity index (χ2v) is 5.59. The smallest absolute Gasteiger partial charge is 0.335 e. The van der Waals surface area contributed by atoms with Crippen LogP contribution in [0.4, 0.5) is 5.69 Å². The molecule has 2 atom stereocenters. The van der Waals surface area contributed by atoms with Gasteiger partial charge in [-0.05, 0) is 53.1 Å². The maximum absolute atomic E-state index is 11.7. The Bertz CT molecular complexity index is 487. The van der Waals surface area contributed by atoms with Gasteiger partial charge in [-0.2, -0.15) is 0 Å². The highest BCUT2D eigenvalue weighted by atomic mass is 127. The maximum atomic E-state index is 11.7. The third-order valence-electron chi connectivity index (χ3n) is 2.86. The summed E-state index contributed by atoms with van der Waals surface area (Å²) in [5, 5.41) is 11.7. The van der Waals surface area contributed by atoms with Gasteiger partial charge in [0.25, 0.3) is 0 Å². The lowest BCUT2D eigenvalue weighted by Gasteiger charge is -2.06. The van der Waals surface area contributed by atoms with E-state index in [2.05, 4.69) is 5.32 Å². The molecule has 4 nitrogen and oxygen atoms in total. The van der Waals surface area contributed by atoms with Gasteiger partial charge < -0.3 is 10.4 Å². The average Bonchev–Trinajstić information content (AvgIpc) is 2.94. The molecule has 0 aromatic heterocycles. The van der Waals surface area contributed by atoms with Gasteiger partial charge >= 0.3 is 5.97 Å². The molecule has 1 aliphatic carbocycles. The Kier molecular flexibility index (Phi) is 3.37. The number of hydrogen-bond donors (Lipinski definition) is 2. The fourth-order valence-electron chi connectivity index (χ4n) is 1.71. The topological polar surface area (TPSA) is 66.4 Å². The summed E-state index contributed by atoms with van der Waals surface area (Å²) in [7, 11) is 0. The van der Waals surface area contributed by atoms with E-state index in [1.54, 1.807) is 12.1 Å². The summed E-state index contributed by atoms with van der Waals surface area (Å²) in [6.45, 7) is 2.03. The molecule has 0 bridgehead atoms. The van der Waals surface area contributed by atoms with Crippen LogP contribution in [-0.4, -0.2) is 17.0 Å². The minimum atomic E-state index is -0.987. The number of nitrogens with one attached hydrogen (secondary N) is 1. The van der Waals surface area contributed by atoms with Crippen LogP contribution in [0.2, 0.25) is 0 Å². The van der Waals surface area contributed by atoms with Crippen molar-refractivity contribution in [1.82, 2.24) is 0 Å². The van der Waals surface area contributed by atoms with Gasteiger partial charge in [0.1, 0.15) is 0 Å². The Balaban J connectivity index is 2.15. The van der Waals surface area contributed by atoms with E-state index in [0.717, 1.165) is 9.99 Å². The van der Waals surface area contributed by atoms with Gasteiger partial charge in [0.2, 0.25) is 5.91 Å². The lowest BCUT2D eigenvalue weighted by Crippen LogP contribution is -2.15. The van der Waals surface area contributed by atoms with E-state index >= 15 is 0 Å². The highest BCUT2D eigenvalue weighted by Crippen LogP contribution is 2.38. The van der Waals surface area contributed by atoms with Crippen LogP contribution in [0.3, 0.4) is 0 Å². The Labute approximate surface area is 113 Å². The molecule has 1 aromatic rings. The maximum Gasteiger partial charge on any atom is 0.335 e. The van der Waals surface area contributed by atoms with Crippen LogP contribution >= 0.6 is 22.6 Å². The first-order valence-corrected chi connectivity index (χ1v) is 6.40. The van der Waals surface area contributed by atoms with E-state index in [1.807, 2.05) is 29.5 Å². The second kappa shape index (κ2) is 4.64. The van der Waals surface area contributed by atoms with Crippen LogP contribution in [0.5, 0.6) is 0 Å². The number of aromatic carboxylic acids is 1. The quantitative estimate of drug-likeness (QED) is 0.828. The molecule has 2 N–H and O–H groups in total. The van der Waals surface area contributed by atoms with Gasteiger partial charge in [-0.1, -0.05) is 6.92 Å². The predicted molar refractivity (Wildman–Crippen MR) is 72.0 cm³/mol. The largest absolute Gasteiger partial charge is 0.478 e. The molecule has 0 radical (unpaired) electrons. The molecule has 1 fully saturated rings. The van der Waals surface area contributed by atoms with Crippen molar-refractivity contribution < 1.29 is 14.7 Å². The molecule has 90 valence electrons. The number of hydrogen-bond acceptors (Lipinski definition) is 2. The number of anilines is 1. The zero-order valence-electron chi connectivity index (χ0n) is 9.24. The van der Waals surface area contributed by atoms with Gasteiger partial charge in [-0.3, -0.25) is 4.79 Å².